The second-order valence-corrected chi connectivity index (χ2v) is 9.60. The van der Waals surface area contributed by atoms with Crippen LogP contribution >= 0.6 is 23.2 Å². The summed E-state index contributed by atoms with van der Waals surface area (Å²) >= 11 is 12.2. The zero-order valence-corrected chi connectivity index (χ0v) is 21.7. The first kappa shape index (κ1) is 26.9. The van der Waals surface area contributed by atoms with Gasteiger partial charge >= 0.3 is 5.97 Å². The molecule has 2 N–H and O–H groups in total. The highest BCUT2D eigenvalue weighted by molar-refractivity contribution is 6.39. The molecule has 1 aliphatic heterocycles. The number of nitrogens with one attached hydrogen (secondary N) is 1. The van der Waals surface area contributed by atoms with Crippen molar-refractivity contribution in [2.24, 2.45) is 0 Å². The smallest absolute Gasteiger partial charge is 0.326 e. The molecule has 0 aliphatic carbocycles. The van der Waals surface area contributed by atoms with Gasteiger partial charge < -0.3 is 15.3 Å². The summed E-state index contributed by atoms with van der Waals surface area (Å²) in [4.78, 5) is 39.0. The average Bonchev–Trinajstić information content (AvgIpc) is 2.92. The number of nitrogens with zero attached hydrogens (tertiary/aromatic N) is 2. The summed E-state index contributed by atoms with van der Waals surface area (Å²) in [6.07, 6.45) is 2.74. The maximum Gasteiger partial charge on any atom is 0.326 e. The van der Waals surface area contributed by atoms with Crippen molar-refractivity contribution in [1.82, 2.24) is 10.2 Å². The predicted octanol–water partition coefficient (Wildman–Crippen LogP) is 5.22. The fourth-order valence-corrected chi connectivity index (χ4v) is 4.83. The Bertz CT molecular complexity index is 1440. The van der Waals surface area contributed by atoms with Crippen molar-refractivity contribution < 1.29 is 19.5 Å². The third kappa shape index (κ3) is 6.23. The maximum atomic E-state index is 12.8. The first-order chi connectivity index (χ1) is 18.3. The Labute approximate surface area is 229 Å². The molecular weight excluding hydrogens is 525 g/mol. The van der Waals surface area contributed by atoms with E-state index < -0.39 is 17.9 Å². The van der Waals surface area contributed by atoms with Gasteiger partial charge in [-0.15, -0.1) is 0 Å². The molecule has 7 nitrogen and oxygen atoms in total. The van der Waals surface area contributed by atoms with Gasteiger partial charge in [-0.2, -0.15) is 5.26 Å². The van der Waals surface area contributed by atoms with Crippen LogP contribution in [0.25, 0.3) is 5.57 Å². The minimum Gasteiger partial charge on any atom is -0.480 e. The normalized spacial score (nSPS) is 13.7. The second kappa shape index (κ2) is 12.0. The Morgan fingerprint density at radius 3 is 2.32 bits per heavy atom. The molecule has 0 unspecified atom stereocenters. The molecule has 0 aromatic heterocycles. The minimum absolute atomic E-state index is 0.0342. The third-order valence-corrected chi connectivity index (χ3v) is 6.92. The zero-order valence-electron chi connectivity index (χ0n) is 20.2. The second-order valence-electron chi connectivity index (χ2n) is 8.79. The monoisotopic (exact) mass is 547 g/mol. The highest BCUT2D eigenvalue weighted by Gasteiger charge is 2.24. The van der Waals surface area contributed by atoms with Crippen molar-refractivity contribution >= 4 is 46.6 Å². The van der Waals surface area contributed by atoms with Gasteiger partial charge in [-0.1, -0.05) is 65.7 Å². The summed E-state index contributed by atoms with van der Waals surface area (Å²) in [7, 11) is 0. The first-order valence-corrected chi connectivity index (χ1v) is 12.6. The molecule has 2 amide bonds. The van der Waals surface area contributed by atoms with E-state index in [-0.39, 0.29) is 27.9 Å². The fourth-order valence-electron chi connectivity index (χ4n) is 4.26. The number of carboxylic acid groups (broad SMARTS) is 1. The molecule has 9 heteroatoms. The molecule has 3 aromatic rings. The standard InChI is InChI=1S/C29H23Cl2N3O4/c30-23-5-2-6-24(31)26(23)27(35)33-25(29(37)38)16-18-7-9-20(10-8-18)21-11-13-34(14-12-21)28(36)22-4-1-3-19(15-22)17-32/h1-11,15,25H,12-14,16H2,(H,33,35)(H,37,38)/t25-/m0/s1. The molecule has 3 aromatic carbocycles. The number of amides is 2. The summed E-state index contributed by atoms with van der Waals surface area (Å²) in [6.45, 7) is 0.991. The SMILES string of the molecule is N#Cc1cccc(C(=O)N2CC=C(c3ccc(C[C@H](NC(=O)c4c(Cl)cccc4Cl)C(=O)O)cc3)CC2)c1. The number of hydrogen-bond donors (Lipinski definition) is 2. The Morgan fingerprint density at radius 1 is 1.03 bits per heavy atom. The number of rotatable bonds is 7. The summed E-state index contributed by atoms with van der Waals surface area (Å²) in [6, 6.07) is 19.6. The van der Waals surface area contributed by atoms with Crippen LogP contribution in [0.4, 0.5) is 0 Å². The van der Waals surface area contributed by atoms with Crippen LogP contribution in [0.1, 0.15) is 43.8 Å². The summed E-state index contributed by atoms with van der Waals surface area (Å²) in [5.74, 6) is -1.95. The zero-order chi connectivity index (χ0) is 27.2. The van der Waals surface area contributed by atoms with Crippen LogP contribution in [-0.2, 0) is 11.2 Å². The molecule has 4 rings (SSSR count). The molecule has 0 fully saturated rings. The van der Waals surface area contributed by atoms with Gasteiger partial charge in [0.05, 0.1) is 27.2 Å². The van der Waals surface area contributed by atoms with Crippen molar-refractivity contribution in [3.8, 4) is 6.07 Å². The van der Waals surface area contributed by atoms with Gasteiger partial charge in [0.15, 0.2) is 0 Å². The minimum atomic E-state index is -1.18. The van der Waals surface area contributed by atoms with E-state index >= 15 is 0 Å². The number of nitriles is 1. The average molecular weight is 548 g/mol. The van der Waals surface area contributed by atoms with Crippen molar-refractivity contribution in [3.05, 3.63) is 111 Å². The van der Waals surface area contributed by atoms with Gasteiger partial charge in [0, 0.05) is 25.1 Å². The van der Waals surface area contributed by atoms with Crippen LogP contribution in [0.2, 0.25) is 10.0 Å². The first-order valence-electron chi connectivity index (χ1n) is 11.8. The highest BCUT2D eigenvalue weighted by atomic mass is 35.5. The van der Waals surface area contributed by atoms with Crippen LogP contribution < -0.4 is 5.32 Å². The van der Waals surface area contributed by atoms with Crippen LogP contribution in [0, 0.1) is 11.3 Å². The van der Waals surface area contributed by atoms with Crippen molar-refractivity contribution in [2.45, 2.75) is 18.9 Å². The summed E-state index contributed by atoms with van der Waals surface area (Å²) in [5.41, 5.74) is 3.77. The van der Waals surface area contributed by atoms with Gasteiger partial charge in [-0.05, 0) is 53.5 Å². The lowest BCUT2D eigenvalue weighted by molar-refractivity contribution is -0.139. The number of carbonyl (C=O) groups excluding carboxylic acids is 2. The van der Waals surface area contributed by atoms with E-state index in [0.717, 1.165) is 16.7 Å². The Morgan fingerprint density at radius 2 is 1.71 bits per heavy atom. The number of hydrogen-bond acceptors (Lipinski definition) is 4. The topological polar surface area (TPSA) is 111 Å². The Hall–Kier alpha value is -4.12. The molecule has 0 radical (unpaired) electrons. The largest absolute Gasteiger partial charge is 0.480 e. The molecule has 38 heavy (non-hydrogen) atoms. The van der Waals surface area contributed by atoms with Gasteiger partial charge in [0.2, 0.25) is 0 Å². The maximum absolute atomic E-state index is 12.8. The van der Waals surface area contributed by atoms with E-state index in [1.807, 2.05) is 30.3 Å². The lowest BCUT2D eigenvalue weighted by Gasteiger charge is -2.27. The van der Waals surface area contributed by atoms with E-state index in [0.29, 0.717) is 30.6 Å². The molecule has 192 valence electrons. The van der Waals surface area contributed by atoms with Crippen LogP contribution in [0.5, 0.6) is 0 Å². The van der Waals surface area contributed by atoms with E-state index in [1.54, 1.807) is 35.2 Å². The van der Waals surface area contributed by atoms with Gasteiger partial charge in [-0.3, -0.25) is 9.59 Å². The summed E-state index contributed by atoms with van der Waals surface area (Å²) in [5, 5.41) is 21.5. The lowest BCUT2D eigenvalue weighted by Crippen LogP contribution is -2.42. The number of carboxylic acids is 1. The molecular formula is C29H23Cl2N3O4. The molecule has 1 aliphatic rings. The quantitative estimate of drug-likeness (QED) is 0.421. The van der Waals surface area contributed by atoms with E-state index in [2.05, 4.69) is 11.4 Å². The number of carbonyl (C=O) groups is 3. The number of aliphatic carboxylic acids is 1. The molecule has 1 heterocycles. The van der Waals surface area contributed by atoms with Crippen LogP contribution in [0.15, 0.2) is 72.8 Å². The van der Waals surface area contributed by atoms with Crippen molar-refractivity contribution in [1.29, 1.82) is 5.26 Å². The summed E-state index contributed by atoms with van der Waals surface area (Å²) < 4.78 is 0. The fraction of sp³-hybridized carbons (Fsp3) is 0.172. The number of benzene rings is 3. The molecule has 0 saturated heterocycles. The molecule has 1 atom stereocenters. The van der Waals surface area contributed by atoms with E-state index in [9.17, 15) is 19.5 Å². The van der Waals surface area contributed by atoms with E-state index in [1.165, 1.54) is 12.1 Å². The van der Waals surface area contributed by atoms with Crippen LogP contribution in [-0.4, -0.2) is 46.9 Å². The Balaban J connectivity index is 1.40. The van der Waals surface area contributed by atoms with Crippen molar-refractivity contribution in [3.63, 3.8) is 0 Å². The molecule has 0 spiro atoms. The van der Waals surface area contributed by atoms with Gasteiger partial charge in [0.1, 0.15) is 6.04 Å². The Kier molecular flexibility index (Phi) is 8.47. The molecule has 0 saturated carbocycles. The lowest BCUT2D eigenvalue weighted by atomic mass is 9.96. The third-order valence-electron chi connectivity index (χ3n) is 6.29. The number of halogens is 2. The van der Waals surface area contributed by atoms with Crippen LogP contribution in [0.3, 0.4) is 0 Å². The van der Waals surface area contributed by atoms with Gasteiger partial charge in [-0.25, -0.2) is 4.79 Å². The highest BCUT2D eigenvalue weighted by Crippen LogP contribution is 2.26. The molecule has 0 bridgehead atoms. The van der Waals surface area contributed by atoms with E-state index in [4.69, 9.17) is 28.5 Å². The van der Waals surface area contributed by atoms with Gasteiger partial charge in [0.25, 0.3) is 11.8 Å². The van der Waals surface area contributed by atoms with Crippen molar-refractivity contribution in [2.75, 3.05) is 13.1 Å². The predicted molar refractivity (Wildman–Crippen MR) is 145 cm³/mol.